The van der Waals surface area contributed by atoms with Crippen LogP contribution in [0, 0.1) is 6.92 Å². The van der Waals surface area contributed by atoms with Crippen LogP contribution in [0.5, 0.6) is 0 Å². The molecular formula is C12H18F3N3. The number of hydrogen-bond acceptors (Lipinski definition) is 3. The molecule has 6 heteroatoms. The van der Waals surface area contributed by atoms with Gasteiger partial charge in [-0.2, -0.15) is 13.2 Å². The zero-order valence-corrected chi connectivity index (χ0v) is 10.6. The number of nitrogens with two attached hydrogens (primary N) is 1. The summed E-state index contributed by atoms with van der Waals surface area (Å²) in [5.74, 6) is 0.583. The molecule has 0 spiro atoms. The van der Waals surface area contributed by atoms with Gasteiger partial charge in [0.2, 0.25) is 0 Å². The third kappa shape index (κ3) is 4.52. The van der Waals surface area contributed by atoms with Crippen molar-refractivity contribution in [1.29, 1.82) is 0 Å². The van der Waals surface area contributed by atoms with Gasteiger partial charge >= 0.3 is 6.18 Å². The standard InChI is InChI=1S/C12H18F3N3/c1-9-7-10(3-5-16)8-17-11(9)18(2)6-4-12(13,14)15/h7-8H,3-6,16H2,1-2H3. The maximum atomic E-state index is 12.1. The van der Waals surface area contributed by atoms with E-state index in [0.717, 1.165) is 17.5 Å². The van der Waals surface area contributed by atoms with Gasteiger partial charge in [0.15, 0.2) is 0 Å². The first kappa shape index (κ1) is 14.8. The van der Waals surface area contributed by atoms with E-state index in [9.17, 15) is 13.2 Å². The lowest BCUT2D eigenvalue weighted by molar-refractivity contribution is -0.132. The largest absolute Gasteiger partial charge is 0.390 e. The van der Waals surface area contributed by atoms with E-state index in [4.69, 9.17) is 5.73 Å². The van der Waals surface area contributed by atoms with Crippen LogP contribution in [0.25, 0.3) is 0 Å². The Morgan fingerprint density at radius 3 is 2.56 bits per heavy atom. The van der Waals surface area contributed by atoms with Gasteiger partial charge in [-0.05, 0) is 31.0 Å². The number of pyridine rings is 1. The fourth-order valence-corrected chi connectivity index (χ4v) is 1.73. The van der Waals surface area contributed by atoms with Gasteiger partial charge < -0.3 is 10.6 Å². The van der Waals surface area contributed by atoms with Crippen LogP contribution < -0.4 is 10.6 Å². The van der Waals surface area contributed by atoms with Gasteiger partial charge in [-0.1, -0.05) is 6.07 Å². The Morgan fingerprint density at radius 1 is 1.39 bits per heavy atom. The van der Waals surface area contributed by atoms with Gasteiger partial charge in [-0.3, -0.25) is 0 Å². The Labute approximate surface area is 105 Å². The van der Waals surface area contributed by atoms with Crippen molar-refractivity contribution >= 4 is 5.82 Å². The molecule has 1 aromatic rings. The van der Waals surface area contributed by atoms with Crippen molar-refractivity contribution in [1.82, 2.24) is 4.98 Å². The molecule has 0 saturated heterocycles. The van der Waals surface area contributed by atoms with Crippen LogP contribution in [0.3, 0.4) is 0 Å². The van der Waals surface area contributed by atoms with Gasteiger partial charge in [-0.25, -0.2) is 4.98 Å². The molecule has 1 aromatic heterocycles. The lowest BCUT2D eigenvalue weighted by Crippen LogP contribution is -2.25. The molecule has 0 aliphatic carbocycles. The SMILES string of the molecule is Cc1cc(CCN)cnc1N(C)CCC(F)(F)F. The number of hydrogen-bond donors (Lipinski definition) is 1. The number of anilines is 1. The molecule has 1 rings (SSSR count). The van der Waals surface area contributed by atoms with Crippen molar-refractivity contribution in [2.45, 2.75) is 25.9 Å². The molecule has 18 heavy (non-hydrogen) atoms. The molecule has 0 aromatic carbocycles. The first-order valence-corrected chi connectivity index (χ1v) is 5.77. The smallest absolute Gasteiger partial charge is 0.359 e. The van der Waals surface area contributed by atoms with Crippen molar-refractivity contribution in [3.8, 4) is 0 Å². The minimum absolute atomic E-state index is 0.0897. The zero-order chi connectivity index (χ0) is 13.8. The summed E-state index contributed by atoms with van der Waals surface area (Å²) >= 11 is 0. The van der Waals surface area contributed by atoms with Crippen molar-refractivity contribution in [3.05, 3.63) is 23.4 Å². The van der Waals surface area contributed by atoms with Crippen LogP contribution in [0.15, 0.2) is 12.3 Å². The number of nitrogens with zero attached hydrogens (tertiary/aromatic N) is 2. The molecule has 3 nitrogen and oxygen atoms in total. The Kier molecular flexibility index (Phi) is 4.95. The first-order valence-electron chi connectivity index (χ1n) is 5.77. The third-order valence-electron chi connectivity index (χ3n) is 2.63. The molecule has 0 saturated carbocycles. The maximum absolute atomic E-state index is 12.1. The predicted molar refractivity (Wildman–Crippen MR) is 65.7 cm³/mol. The molecule has 0 fully saturated rings. The van der Waals surface area contributed by atoms with E-state index in [0.29, 0.717) is 12.4 Å². The highest BCUT2D eigenvalue weighted by atomic mass is 19.4. The van der Waals surface area contributed by atoms with E-state index < -0.39 is 12.6 Å². The summed E-state index contributed by atoms with van der Waals surface area (Å²) in [7, 11) is 1.61. The van der Waals surface area contributed by atoms with Crippen LogP contribution in [-0.4, -0.2) is 31.3 Å². The van der Waals surface area contributed by atoms with Crippen LogP contribution >= 0.6 is 0 Å². The molecule has 0 amide bonds. The normalized spacial score (nSPS) is 11.7. The quantitative estimate of drug-likeness (QED) is 0.884. The highest BCUT2D eigenvalue weighted by molar-refractivity contribution is 5.46. The van der Waals surface area contributed by atoms with Gasteiger partial charge in [0.05, 0.1) is 6.42 Å². The summed E-state index contributed by atoms with van der Waals surface area (Å²) in [6, 6.07) is 1.92. The number of aryl methyl sites for hydroxylation is 1. The number of halogens is 3. The minimum Gasteiger partial charge on any atom is -0.359 e. The molecule has 0 aliphatic heterocycles. The summed E-state index contributed by atoms with van der Waals surface area (Å²) in [4.78, 5) is 5.72. The van der Waals surface area contributed by atoms with Crippen LogP contribution in [-0.2, 0) is 6.42 Å². The molecule has 0 aliphatic rings. The average Bonchev–Trinajstić information content (AvgIpc) is 2.25. The second kappa shape index (κ2) is 6.04. The van der Waals surface area contributed by atoms with Crippen molar-refractivity contribution in [2.24, 2.45) is 5.73 Å². The lowest BCUT2D eigenvalue weighted by Gasteiger charge is -2.21. The summed E-state index contributed by atoms with van der Waals surface area (Å²) in [5.41, 5.74) is 7.31. The Bertz CT molecular complexity index is 391. The predicted octanol–water partition coefficient (Wildman–Crippen LogP) is 2.28. The van der Waals surface area contributed by atoms with Gasteiger partial charge in [-0.15, -0.1) is 0 Å². The van der Waals surface area contributed by atoms with Gasteiger partial charge in [0.25, 0.3) is 0 Å². The van der Waals surface area contributed by atoms with E-state index >= 15 is 0 Å². The first-order chi connectivity index (χ1) is 8.33. The molecule has 102 valence electrons. The lowest BCUT2D eigenvalue weighted by atomic mass is 10.1. The average molecular weight is 261 g/mol. The highest BCUT2D eigenvalue weighted by Gasteiger charge is 2.27. The molecule has 1 heterocycles. The summed E-state index contributed by atoms with van der Waals surface area (Å²) in [6.07, 6.45) is -2.59. The Balaban J connectivity index is 2.71. The monoisotopic (exact) mass is 261 g/mol. The van der Waals surface area contributed by atoms with Crippen LogP contribution in [0.1, 0.15) is 17.5 Å². The van der Waals surface area contributed by atoms with Crippen LogP contribution in [0.2, 0.25) is 0 Å². The van der Waals surface area contributed by atoms with Crippen LogP contribution in [0.4, 0.5) is 19.0 Å². The second-order valence-corrected chi connectivity index (χ2v) is 4.31. The fraction of sp³-hybridized carbons (Fsp3) is 0.583. The molecule has 0 unspecified atom stereocenters. The Hall–Kier alpha value is -1.30. The van der Waals surface area contributed by atoms with Gasteiger partial charge in [0, 0.05) is 19.8 Å². The topological polar surface area (TPSA) is 42.1 Å². The maximum Gasteiger partial charge on any atom is 0.390 e. The molecule has 0 radical (unpaired) electrons. The fourth-order valence-electron chi connectivity index (χ4n) is 1.73. The van der Waals surface area contributed by atoms with E-state index in [-0.39, 0.29) is 6.54 Å². The second-order valence-electron chi connectivity index (χ2n) is 4.31. The summed E-state index contributed by atoms with van der Waals surface area (Å²) in [6.45, 7) is 2.28. The molecule has 0 atom stereocenters. The summed E-state index contributed by atoms with van der Waals surface area (Å²) < 4.78 is 36.4. The summed E-state index contributed by atoms with van der Waals surface area (Å²) in [5, 5.41) is 0. The third-order valence-corrected chi connectivity index (χ3v) is 2.63. The van der Waals surface area contributed by atoms with Crippen molar-refractivity contribution < 1.29 is 13.2 Å². The molecule has 0 bridgehead atoms. The van der Waals surface area contributed by atoms with E-state index in [2.05, 4.69) is 4.98 Å². The number of aromatic nitrogens is 1. The number of alkyl halides is 3. The zero-order valence-electron chi connectivity index (χ0n) is 10.6. The van der Waals surface area contributed by atoms with E-state index in [1.807, 2.05) is 13.0 Å². The minimum atomic E-state index is -4.14. The molecular weight excluding hydrogens is 243 g/mol. The van der Waals surface area contributed by atoms with Crippen molar-refractivity contribution in [2.75, 3.05) is 25.0 Å². The number of rotatable bonds is 5. The highest BCUT2D eigenvalue weighted by Crippen LogP contribution is 2.22. The van der Waals surface area contributed by atoms with Gasteiger partial charge in [0.1, 0.15) is 5.82 Å². The molecule has 2 N–H and O–H groups in total. The van der Waals surface area contributed by atoms with E-state index in [1.165, 1.54) is 4.90 Å². The Morgan fingerprint density at radius 2 is 2.06 bits per heavy atom. The van der Waals surface area contributed by atoms with E-state index in [1.54, 1.807) is 13.2 Å². The van der Waals surface area contributed by atoms with Crippen molar-refractivity contribution in [3.63, 3.8) is 0 Å².